The number of carboxylic acids is 1. The molecule has 1 rings (SSSR count). The maximum Gasteiger partial charge on any atom is 0.327 e. The van der Waals surface area contributed by atoms with E-state index >= 15 is 0 Å². The van der Waals surface area contributed by atoms with Gasteiger partial charge in [0.15, 0.2) is 0 Å². The number of carboxylic acid groups (broad SMARTS) is 1. The van der Waals surface area contributed by atoms with Crippen LogP contribution in [-0.4, -0.2) is 46.1 Å². The smallest absolute Gasteiger partial charge is 0.327 e. The Morgan fingerprint density at radius 1 is 1.62 bits per heavy atom. The number of thioether (sulfide) groups is 1. The second kappa shape index (κ2) is 6.10. The lowest BCUT2D eigenvalue weighted by molar-refractivity contribution is -0.148. The van der Waals surface area contributed by atoms with Crippen LogP contribution in [-0.2, 0) is 9.59 Å². The molecule has 0 aromatic carbocycles. The summed E-state index contributed by atoms with van der Waals surface area (Å²) >= 11 is 1.48. The van der Waals surface area contributed by atoms with Crippen LogP contribution in [0.5, 0.6) is 0 Å². The summed E-state index contributed by atoms with van der Waals surface area (Å²) in [6, 6.07) is -0.659. The van der Waals surface area contributed by atoms with Gasteiger partial charge in [0, 0.05) is 12.2 Å². The molecule has 1 fully saturated rings. The maximum atomic E-state index is 11.9. The molecule has 0 aromatic heterocycles. The van der Waals surface area contributed by atoms with E-state index in [4.69, 9.17) is 10.8 Å². The van der Waals surface area contributed by atoms with E-state index in [0.29, 0.717) is 24.6 Å². The fourth-order valence-electron chi connectivity index (χ4n) is 1.65. The van der Waals surface area contributed by atoms with Gasteiger partial charge in [0.2, 0.25) is 5.91 Å². The Labute approximate surface area is 99.4 Å². The first-order valence-corrected chi connectivity index (χ1v) is 6.55. The number of carbonyl (C=O) groups excluding carboxylic acids is 1. The highest BCUT2D eigenvalue weighted by Gasteiger charge is 2.34. The molecule has 2 atom stereocenters. The molecule has 1 aliphatic heterocycles. The standard InChI is InChI=1S/C10H18N2O3S/c1-2-7(4-11)3-9(13)12-6-16-5-8(12)10(14)15/h7-8H,2-6,11H2,1H3,(H,14,15). The van der Waals surface area contributed by atoms with Gasteiger partial charge in [-0.3, -0.25) is 4.79 Å². The fraction of sp³-hybridized carbons (Fsp3) is 0.800. The fourth-order valence-corrected chi connectivity index (χ4v) is 2.82. The molecule has 0 aliphatic carbocycles. The van der Waals surface area contributed by atoms with Gasteiger partial charge < -0.3 is 15.7 Å². The predicted octanol–water partition coefficient (Wildman–Crippen LogP) is 0.347. The van der Waals surface area contributed by atoms with Gasteiger partial charge in [0.25, 0.3) is 0 Å². The summed E-state index contributed by atoms with van der Waals surface area (Å²) in [5.74, 6) is 0.124. The predicted molar refractivity (Wildman–Crippen MR) is 63.0 cm³/mol. The molecular formula is C10H18N2O3S. The second-order valence-electron chi connectivity index (χ2n) is 3.93. The summed E-state index contributed by atoms with van der Waals surface area (Å²) < 4.78 is 0. The van der Waals surface area contributed by atoms with E-state index in [-0.39, 0.29) is 11.8 Å². The van der Waals surface area contributed by atoms with Crippen LogP contribution in [0.25, 0.3) is 0 Å². The van der Waals surface area contributed by atoms with Crippen LogP contribution < -0.4 is 5.73 Å². The SMILES string of the molecule is CCC(CN)CC(=O)N1CSCC1C(=O)O. The molecule has 1 heterocycles. The third-order valence-electron chi connectivity index (χ3n) is 2.86. The second-order valence-corrected chi connectivity index (χ2v) is 4.93. The Morgan fingerprint density at radius 2 is 2.31 bits per heavy atom. The largest absolute Gasteiger partial charge is 0.480 e. The molecule has 16 heavy (non-hydrogen) atoms. The van der Waals surface area contributed by atoms with E-state index in [1.165, 1.54) is 16.7 Å². The van der Waals surface area contributed by atoms with E-state index < -0.39 is 12.0 Å². The summed E-state index contributed by atoms with van der Waals surface area (Å²) in [6.07, 6.45) is 1.21. The Bertz CT molecular complexity index is 269. The highest BCUT2D eigenvalue weighted by Crippen LogP contribution is 2.23. The minimum atomic E-state index is -0.917. The number of nitrogens with two attached hydrogens (primary N) is 1. The van der Waals surface area contributed by atoms with Gasteiger partial charge in [-0.2, -0.15) is 0 Å². The molecule has 2 unspecified atom stereocenters. The normalized spacial score (nSPS) is 22.1. The molecular weight excluding hydrogens is 228 g/mol. The number of amides is 1. The zero-order valence-electron chi connectivity index (χ0n) is 9.39. The van der Waals surface area contributed by atoms with Gasteiger partial charge in [-0.15, -0.1) is 11.8 Å². The number of rotatable bonds is 5. The van der Waals surface area contributed by atoms with Crippen molar-refractivity contribution in [2.75, 3.05) is 18.2 Å². The Morgan fingerprint density at radius 3 is 2.81 bits per heavy atom. The molecule has 1 aliphatic rings. The first-order chi connectivity index (χ1) is 7.60. The maximum absolute atomic E-state index is 11.9. The van der Waals surface area contributed by atoms with Crippen LogP contribution >= 0.6 is 11.8 Å². The number of hydrogen-bond donors (Lipinski definition) is 2. The van der Waals surface area contributed by atoms with Crippen molar-refractivity contribution in [1.29, 1.82) is 0 Å². The monoisotopic (exact) mass is 246 g/mol. The molecule has 0 saturated carbocycles. The topological polar surface area (TPSA) is 83.6 Å². The van der Waals surface area contributed by atoms with Crippen molar-refractivity contribution in [2.24, 2.45) is 11.7 Å². The molecule has 5 nitrogen and oxygen atoms in total. The molecule has 1 amide bonds. The van der Waals surface area contributed by atoms with E-state index in [1.54, 1.807) is 0 Å². The minimum Gasteiger partial charge on any atom is -0.480 e. The molecule has 1 saturated heterocycles. The van der Waals surface area contributed by atoms with E-state index in [1.807, 2.05) is 6.92 Å². The highest BCUT2D eigenvalue weighted by atomic mass is 32.2. The van der Waals surface area contributed by atoms with Crippen LogP contribution in [0.2, 0.25) is 0 Å². The van der Waals surface area contributed by atoms with E-state index in [9.17, 15) is 9.59 Å². The lowest BCUT2D eigenvalue weighted by atomic mass is 10.0. The van der Waals surface area contributed by atoms with Gasteiger partial charge in [-0.05, 0) is 12.5 Å². The van der Waals surface area contributed by atoms with Crippen LogP contribution in [0.3, 0.4) is 0 Å². The third kappa shape index (κ3) is 3.12. The number of aliphatic carboxylic acids is 1. The van der Waals surface area contributed by atoms with Crippen molar-refractivity contribution in [2.45, 2.75) is 25.8 Å². The Hall–Kier alpha value is -0.750. The van der Waals surface area contributed by atoms with Crippen LogP contribution in [0.1, 0.15) is 19.8 Å². The number of carbonyl (C=O) groups is 2. The summed E-state index contributed by atoms with van der Waals surface area (Å²) in [7, 11) is 0. The summed E-state index contributed by atoms with van der Waals surface area (Å²) in [5.41, 5.74) is 5.53. The van der Waals surface area contributed by atoms with Crippen molar-refractivity contribution in [1.82, 2.24) is 4.90 Å². The van der Waals surface area contributed by atoms with E-state index in [0.717, 1.165) is 6.42 Å². The molecule has 0 radical (unpaired) electrons. The zero-order valence-corrected chi connectivity index (χ0v) is 10.2. The Balaban J connectivity index is 2.56. The van der Waals surface area contributed by atoms with Crippen LogP contribution in [0.4, 0.5) is 0 Å². The van der Waals surface area contributed by atoms with Gasteiger partial charge in [-0.25, -0.2) is 4.79 Å². The first kappa shape index (κ1) is 13.3. The number of nitrogens with zero attached hydrogens (tertiary/aromatic N) is 1. The summed E-state index contributed by atoms with van der Waals surface area (Å²) in [4.78, 5) is 24.2. The van der Waals surface area contributed by atoms with Crippen molar-refractivity contribution in [3.63, 3.8) is 0 Å². The summed E-state index contributed by atoms with van der Waals surface area (Å²) in [5, 5.41) is 8.95. The van der Waals surface area contributed by atoms with Crippen LogP contribution in [0.15, 0.2) is 0 Å². The quantitative estimate of drug-likeness (QED) is 0.731. The summed E-state index contributed by atoms with van der Waals surface area (Å²) in [6.45, 7) is 2.46. The van der Waals surface area contributed by atoms with Crippen molar-refractivity contribution in [3.05, 3.63) is 0 Å². The average Bonchev–Trinajstić information content (AvgIpc) is 2.74. The number of hydrogen-bond acceptors (Lipinski definition) is 4. The van der Waals surface area contributed by atoms with Crippen molar-refractivity contribution in [3.8, 4) is 0 Å². The minimum absolute atomic E-state index is 0.0882. The molecule has 92 valence electrons. The highest BCUT2D eigenvalue weighted by molar-refractivity contribution is 7.99. The third-order valence-corrected chi connectivity index (χ3v) is 3.87. The molecule has 0 aromatic rings. The molecule has 0 bridgehead atoms. The van der Waals surface area contributed by atoms with Crippen molar-refractivity contribution < 1.29 is 14.7 Å². The average molecular weight is 246 g/mol. The molecule has 3 N–H and O–H groups in total. The van der Waals surface area contributed by atoms with E-state index in [2.05, 4.69) is 0 Å². The first-order valence-electron chi connectivity index (χ1n) is 5.40. The van der Waals surface area contributed by atoms with Gasteiger partial charge in [-0.1, -0.05) is 13.3 Å². The van der Waals surface area contributed by atoms with Gasteiger partial charge >= 0.3 is 5.97 Å². The molecule has 0 spiro atoms. The van der Waals surface area contributed by atoms with Gasteiger partial charge in [0.05, 0.1) is 5.88 Å². The van der Waals surface area contributed by atoms with Crippen molar-refractivity contribution >= 4 is 23.6 Å². The zero-order chi connectivity index (χ0) is 12.1. The molecule has 6 heteroatoms. The lowest BCUT2D eigenvalue weighted by Crippen LogP contribution is -2.42. The van der Waals surface area contributed by atoms with Crippen LogP contribution in [0, 0.1) is 5.92 Å². The Kier molecular flexibility index (Phi) is 5.08. The lowest BCUT2D eigenvalue weighted by Gasteiger charge is -2.22. The van der Waals surface area contributed by atoms with Gasteiger partial charge in [0.1, 0.15) is 6.04 Å².